The molecule has 1 unspecified atom stereocenters. The standard InChI is InChI=1S/C12H15NO2.C8H15N.C2H6/c1-3-11-10-7-5-4-6-9(10)8-13(11)12(14)15-2;1-9-5-2-8(3-6-9)4-7-9;1-2/h4-7,11H,3,8H2,1-2H3;8H,1-7H2;1-2H3. The molecule has 2 bridgehead atoms. The number of rotatable bonds is 1. The van der Waals surface area contributed by atoms with Crippen LogP contribution in [0.3, 0.4) is 0 Å². The van der Waals surface area contributed by atoms with Crippen molar-refractivity contribution in [3.63, 3.8) is 0 Å². The second kappa shape index (κ2) is 9.40. The molecular formula is C22H36N2O2. The Bertz CT molecular complexity index is 565. The summed E-state index contributed by atoms with van der Waals surface area (Å²) < 4.78 is 5.92. The molecule has 1 atom stereocenters. The number of nitrogens with zero attached hydrogens (tertiary/aromatic N) is 2. The number of carbonyl (C=O) groups is 1. The fourth-order valence-corrected chi connectivity index (χ4v) is 4.35. The van der Waals surface area contributed by atoms with E-state index in [1.54, 1.807) is 4.90 Å². The lowest BCUT2D eigenvalue weighted by atomic mass is 9.86. The van der Waals surface area contributed by atoms with Gasteiger partial charge in [0.25, 0.3) is 0 Å². The third-order valence-corrected chi connectivity index (χ3v) is 5.96. The van der Waals surface area contributed by atoms with Gasteiger partial charge in [0.15, 0.2) is 0 Å². The van der Waals surface area contributed by atoms with Crippen molar-refractivity contribution in [2.75, 3.05) is 26.7 Å². The van der Waals surface area contributed by atoms with Gasteiger partial charge in [-0.1, -0.05) is 45.0 Å². The number of hydrogen-bond donors (Lipinski definition) is 0. The summed E-state index contributed by atoms with van der Waals surface area (Å²) in [4.78, 5) is 13.3. The van der Waals surface area contributed by atoms with Crippen molar-refractivity contribution in [1.82, 2.24) is 4.90 Å². The van der Waals surface area contributed by atoms with E-state index in [2.05, 4.69) is 26.1 Å². The van der Waals surface area contributed by atoms with Crippen LogP contribution in [0.4, 0.5) is 4.79 Å². The van der Waals surface area contributed by atoms with Crippen molar-refractivity contribution in [3.05, 3.63) is 42.4 Å². The molecule has 0 N–H and O–H groups in total. The third kappa shape index (κ3) is 4.59. The molecule has 5 rings (SSSR count). The highest BCUT2D eigenvalue weighted by Gasteiger charge is 2.33. The van der Waals surface area contributed by atoms with E-state index in [0.29, 0.717) is 6.54 Å². The van der Waals surface area contributed by atoms with Gasteiger partial charge < -0.3 is 9.22 Å². The lowest BCUT2D eigenvalue weighted by Gasteiger charge is -2.52. The minimum absolute atomic E-state index is 0.175. The van der Waals surface area contributed by atoms with Crippen molar-refractivity contribution in [3.8, 4) is 0 Å². The molecule has 4 heterocycles. The average Bonchev–Trinajstić information content (AvgIpc) is 3.09. The summed E-state index contributed by atoms with van der Waals surface area (Å²) in [5.74, 6) is 1.08. The van der Waals surface area contributed by atoms with Crippen LogP contribution in [0.1, 0.15) is 63.6 Å². The maximum absolute atomic E-state index is 11.6. The number of carbonyl (C=O) groups excluding carboxylic acids is 1. The molecule has 4 aliphatic rings. The summed E-state index contributed by atoms with van der Waals surface area (Å²) in [5, 5.41) is 0. The smallest absolute Gasteiger partial charge is 0.410 e. The van der Waals surface area contributed by atoms with Gasteiger partial charge in [0, 0.05) is 6.54 Å². The first-order valence-electron chi connectivity index (χ1n) is 10.2. The Hall–Kier alpha value is -1.55. The molecule has 26 heavy (non-hydrogen) atoms. The highest BCUT2D eigenvalue weighted by Crippen LogP contribution is 2.35. The Morgan fingerprint density at radius 3 is 2.23 bits per heavy atom. The van der Waals surface area contributed by atoms with Gasteiger partial charge in [-0.15, -0.1) is 7.05 Å². The van der Waals surface area contributed by atoms with E-state index in [4.69, 9.17) is 4.74 Å². The summed E-state index contributed by atoms with van der Waals surface area (Å²) >= 11 is 0. The first-order chi connectivity index (χ1) is 12.6. The van der Waals surface area contributed by atoms with Crippen molar-refractivity contribution >= 4 is 6.09 Å². The third-order valence-electron chi connectivity index (χ3n) is 5.96. The van der Waals surface area contributed by atoms with Gasteiger partial charge in [-0.25, -0.2) is 4.79 Å². The molecular weight excluding hydrogens is 324 g/mol. The molecule has 0 aromatic heterocycles. The molecule has 1 amide bonds. The Morgan fingerprint density at radius 1 is 1.19 bits per heavy atom. The van der Waals surface area contributed by atoms with Crippen molar-refractivity contribution in [2.45, 2.75) is 59.0 Å². The number of piperidine rings is 3. The SMILES string of the molecule is CC.CCC1c2ccccc2CN1C(=O)OC.[CH2-][N+]12CCC(CC1)CC2. The second-order valence-electron chi connectivity index (χ2n) is 7.47. The van der Waals surface area contributed by atoms with E-state index < -0.39 is 0 Å². The summed E-state index contributed by atoms with van der Waals surface area (Å²) in [7, 11) is 5.65. The van der Waals surface area contributed by atoms with Crippen LogP contribution in [0.15, 0.2) is 24.3 Å². The van der Waals surface area contributed by atoms with E-state index in [1.807, 2.05) is 26.0 Å². The van der Waals surface area contributed by atoms with Gasteiger partial charge in [-0.05, 0) is 42.7 Å². The fourth-order valence-electron chi connectivity index (χ4n) is 4.35. The zero-order valence-electron chi connectivity index (χ0n) is 17.0. The average molecular weight is 361 g/mol. The van der Waals surface area contributed by atoms with Crippen LogP contribution in [0.5, 0.6) is 0 Å². The predicted octanol–water partition coefficient (Wildman–Crippen LogP) is 5.15. The molecule has 1 aromatic carbocycles. The first-order valence-corrected chi connectivity index (χ1v) is 10.2. The van der Waals surface area contributed by atoms with Crippen LogP contribution in [-0.2, 0) is 11.3 Å². The molecule has 3 saturated heterocycles. The number of amides is 1. The van der Waals surface area contributed by atoms with Gasteiger partial charge in [-0.3, -0.25) is 4.90 Å². The van der Waals surface area contributed by atoms with E-state index in [1.165, 1.54) is 57.1 Å². The number of hydrogen-bond acceptors (Lipinski definition) is 2. The molecule has 146 valence electrons. The lowest BCUT2D eigenvalue weighted by Crippen LogP contribution is -2.53. The monoisotopic (exact) mass is 360 g/mol. The molecule has 3 fully saturated rings. The van der Waals surface area contributed by atoms with E-state index in [0.717, 1.165) is 16.8 Å². The highest BCUT2D eigenvalue weighted by molar-refractivity contribution is 5.69. The first kappa shape index (κ1) is 20.8. The Balaban J connectivity index is 0.000000188. The fraction of sp³-hybridized carbons (Fsp3) is 0.636. The van der Waals surface area contributed by atoms with E-state index in [-0.39, 0.29) is 12.1 Å². The number of ether oxygens (including phenoxy) is 1. The number of quaternary nitrogens is 1. The van der Waals surface area contributed by atoms with Crippen molar-refractivity contribution in [2.24, 2.45) is 5.92 Å². The summed E-state index contributed by atoms with van der Waals surface area (Å²) in [6, 6.07) is 8.36. The van der Waals surface area contributed by atoms with Crippen LogP contribution in [0.2, 0.25) is 0 Å². The van der Waals surface area contributed by atoms with Crippen molar-refractivity contribution < 1.29 is 14.0 Å². The molecule has 4 heteroatoms. The molecule has 0 saturated carbocycles. The minimum atomic E-state index is -0.238. The van der Waals surface area contributed by atoms with Gasteiger partial charge in [0.1, 0.15) is 0 Å². The zero-order valence-corrected chi connectivity index (χ0v) is 17.0. The number of methoxy groups -OCH3 is 1. The molecule has 0 spiro atoms. The van der Waals surface area contributed by atoms with Gasteiger partial charge in [-0.2, -0.15) is 0 Å². The van der Waals surface area contributed by atoms with Crippen LogP contribution in [-0.4, -0.2) is 42.2 Å². The minimum Gasteiger partial charge on any atom is -0.457 e. The summed E-state index contributed by atoms with van der Waals surface area (Å²) in [6.07, 6.45) is 5.03. The second-order valence-corrected chi connectivity index (χ2v) is 7.47. The van der Waals surface area contributed by atoms with Crippen LogP contribution in [0, 0.1) is 13.0 Å². The molecule has 0 radical (unpaired) electrons. The zero-order chi connectivity index (χ0) is 19.2. The molecule has 4 aliphatic heterocycles. The van der Waals surface area contributed by atoms with E-state index >= 15 is 0 Å². The maximum atomic E-state index is 11.6. The maximum Gasteiger partial charge on any atom is 0.410 e. The lowest BCUT2D eigenvalue weighted by molar-refractivity contribution is -0.901. The normalized spacial score (nSPS) is 28.3. The predicted molar refractivity (Wildman–Crippen MR) is 106 cm³/mol. The highest BCUT2D eigenvalue weighted by atomic mass is 16.5. The number of fused-ring (bicyclic) bond motifs is 4. The largest absolute Gasteiger partial charge is 0.457 e. The Morgan fingerprint density at radius 2 is 1.77 bits per heavy atom. The van der Waals surface area contributed by atoms with Crippen LogP contribution < -0.4 is 0 Å². The number of benzene rings is 1. The van der Waals surface area contributed by atoms with Gasteiger partial charge in [0.2, 0.25) is 0 Å². The Kier molecular flexibility index (Phi) is 7.51. The van der Waals surface area contributed by atoms with Gasteiger partial charge in [0.05, 0.1) is 32.8 Å². The topological polar surface area (TPSA) is 29.5 Å². The molecule has 0 aliphatic carbocycles. The summed E-state index contributed by atoms with van der Waals surface area (Å²) in [5.41, 5.74) is 2.49. The van der Waals surface area contributed by atoms with Crippen molar-refractivity contribution in [1.29, 1.82) is 0 Å². The van der Waals surface area contributed by atoms with E-state index in [9.17, 15) is 4.79 Å². The quantitative estimate of drug-likeness (QED) is 0.512. The van der Waals surface area contributed by atoms with Crippen LogP contribution in [0.25, 0.3) is 0 Å². The Labute approximate surface area is 159 Å². The molecule has 4 nitrogen and oxygen atoms in total. The van der Waals surface area contributed by atoms with Gasteiger partial charge >= 0.3 is 6.09 Å². The molecule has 1 aromatic rings. The van der Waals surface area contributed by atoms with Crippen LogP contribution >= 0.6 is 0 Å². The summed E-state index contributed by atoms with van der Waals surface area (Å²) in [6.45, 7) is 10.8.